The molecule has 0 amide bonds. The molecule has 0 aliphatic rings. The lowest BCUT2D eigenvalue weighted by molar-refractivity contribution is 0.585. The fourth-order valence-corrected chi connectivity index (χ4v) is 2.02. The van der Waals surface area contributed by atoms with E-state index < -0.39 is 11.6 Å². The van der Waals surface area contributed by atoms with Gasteiger partial charge in [0.15, 0.2) is 0 Å². The minimum atomic E-state index is -0.589. The van der Waals surface area contributed by atoms with Crippen molar-refractivity contribution in [3.63, 3.8) is 0 Å². The van der Waals surface area contributed by atoms with Crippen molar-refractivity contribution in [1.82, 2.24) is 5.32 Å². The maximum absolute atomic E-state index is 13.8. The summed E-state index contributed by atoms with van der Waals surface area (Å²) in [6, 6.07) is 8.80. The smallest absolute Gasteiger partial charge is 0.133 e. The van der Waals surface area contributed by atoms with Gasteiger partial charge in [-0.05, 0) is 42.4 Å². The molecule has 2 aromatic rings. The zero-order chi connectivity index (χ0) is 13.1. The Balaban J connectivity index is 2.57. The monoisotopic (exact) mass is 267 g/mol. The zero-order valence-electron chi connectivity index (χ0n) is 9.81. The number of halogens is 3. The third-order valence-electron chi connectivity index (χ3n) is 2.66. The van der Waals surface area contributed by atoms with Crippen LogP contribution in [0.3, 0.4) is 0 Å². The SMILES string of the molecule is CNCc1ccc(Cl)cc1-c1ccc(F)cc1F. The molecule has 0 saturated heterocycles. The van der Waals surface area contributed by atoms with Gasteiger partial charge in [-0.1, -0.05) is 17.7 Å². The Morgan fingerprint density at radius 3 is 2.50 bits per heavy atom. The molecule has 1 N–H and O–H groups in total. The molecule has 0 aliphatic heterocycles. The van der Waals surface area contributed by atoms with Gasteiger partial charge in [0.2, 0.25) is 0 Å². The molecule has 0 fully saturated rings. The Kier molecular flexibility index (Phi) is 3.94. The molecule has 0 saturated carbocycles. The average molecular weight is 268 g/mol. The molecule has 0 radical (unpaired) electrons. The van der Waals surface area contributed by atoms with E-state index in [2.05, 4.69) is 5.32 Å². The van der Waals surface area contributed by atoms with Crippen molar-refractivity contribution in [2.75, 3.05) is 7.05 Å². The predicted molar refractivity (Wildman–Crippen MR) is 69.6 cm³/mol. The molecule has 0 heterocycles. The quantitative estimate of drug-likeness (QED) is 0.886. The number of hydrogen-bond donors (Lipinski definition) is 1. The lowest BCUT2D eigenvalue weighted by Crippen LogP contribution is -2.06. The van der Waals surface area contributed by atoms with Crippen LogP contribution >= 0.6 is 11.6 Å². The summed E-state index contributed by atoms with van der Waals surface area (Å²) >= 11 is 5.93. The second kappa shape index (κ2) is 5.46. The Morgan fingerprint density at radius 2 is 1.83 bits per heavy atom. The van der Waals surface area contributed by atoms with E-state index in [1.807, 2.05) is 6.07 Å². The zero-order valence-corrected chi connectivity index (χ0v) is 10.6. The minimum absolute atomic E-state index is 0.351. The van der Waals surface area contributed by atoms with Gasteiger partial charge in [-0.15, -0.1) is 0 Å². The highest BCUT2D eigenvalue weighted by atomic mass is 35.5. The highest BCUT2D eigenvalue weighted by molar-refractivity contribution is 6.30. The molecule has 2 rings (SSSR count). The van der Waals surface area contributed by atoms with E-state index in [0.717, 1.165) is 11.6 Å². The molecule has 0 bridgehead atoms. The van der Waals surface area contributed by atoms with Crippen LogP contribution in [0.4, 0.5) is 8.78 Å². The van der Waals surface area contributed by atoms with Crippen LogP contribution in [0.5, 0.6) is 0 Å². The van der Waals surface area contributed by atoms with Crippen molar-refractivity contribution in [3.8, 4) is 11.1 Å². The van der Waals surface area contributed by atoms with E-state index in [1.165, 1.54) is 12.1 Å². The van der Waals surface area contributed by atoms with Gasteiger partial charge in [0.05, 0.1) is 0 Å². The summed E-state index contributed by atoms with van der Waals surface area (Å²) < 4.78 is 26.7. The van der Waals surface area contributed by atoms with Crippen LogP contribution < -0.4 is 5.32 Å². The summed E-state index contributed by atoms with van der Waals surface area (Å²) in [5.41, 5.74) is 1.94. The van der Waals surface area contributed by atoms with E-state index in [9.17, 15) is 8.78 Å². The van der Waals surface area contributed by atoms with Crippen LogP contribution in [0, 0.1) is 11.6 Å². The molecule has 18 heavy (non-hydrogen) atoms. The molecule has 0 spiro atoms. The summed E-state index contributed by atoms with van der Waals surface area (Å²) in [6.07, 6.45) is 0. The van der Waals surface area contributed by atoms with Gasteiger partial charge < -0.3 is 5.32 Å². The van der Waals surface area contributed by atoms with Crippen LogP contribution in [-0.4, -0.2) is 7.05 Å². The molecule has 0 atom stereocenters. The van der Waals surface area contributed by atoms with E-state index in [4.69, 9.17) is 11.6 Å². The summed E-state index contributed by atoms with van der Waals surface area (Å²) in [5.74, 6) is -1.18. The average Bonchev–Trinajstić information content (AvgIpc) is 2.32. The normalized spacial score (nSPS) is 10.7. The fraction of sp³-hybridized carbons (Fsp3) is 0.143. The highest BCUT2D eigenvalue weighted by Crippen LogP contribution is 2.29. The Morgan fingerprint density at radius 1 is 1.06 bits per heavy atom. The molecule has 0 unspecified atom stereocenters. The summed E-state index contributed by atoms with van der Waals surface area (Å²) in [6.45, 7) is 0.587. The minimum Gasteiger partial charge on any atom is -0.316 e. The van der Waals surface area contributed by atoms with Crippen molar-refractivity contribution in [2.45, 2.75) is 6.54 Å². The van der Waals surface area contributed by atoms with E-state index in [-0.39, 0.29) is 0 Å². The van der Waals surface area contributed by atoms with Crippen molar-refractivity contribution >= 4 is 11.6 Å². The standard InChI is InChI=1S/C14H12ClF2N/c1-18-8-9-2-3-10(15)6-13(9)12-5-4-11(16)7-14(12)17/h2-7,18H,8H2,1H3. The van der Waals surface area contributed by atoms with Crippen LogP contribution in [0.1, 0.15) is 5.56 Å². The first-order valence-electron chi connectivity index (χ1n) is 5.50. The molecular formula is C14H12ClF2N. The predicted octanol–water partition coefficient (Wildman–Crippen LogP) is 4.00. The number of hydrogen-bond acceptors (Lipinski definition) is 1. The first-order valence-corrected chi connectivity index (χ1v) is 5.88. The second-order valence-electron chi connectivity index (χ2n) is 3.96. The maximum Gasteiger partial charge on any atom is 0.133 e. The van der Waals surface area contributed by atoms with E-state index in [0.29, 0.717) is 22.7 Å². The third kappa shape index (κ3) is 2.68. The summed E-state index contributed by atoms with van der Waals surface area (Å²) in [7, 11) is 1.80. The molecular weight excluding hydrogens is 256 g/mol. The highest BCUT2D eigenvalue weighted by Gasteiger charge is 2.11. The third-order valence-corrected chi connectivity index (χ3v) is 2.90. The maximum atomic E-state index is 13.8. The van der Waals surface area contributed by atoms with Gasteiger partial charge in [0, 0.05) is 23.2 Å². The molecule has 2 aromatic carbocycles. The summed E-state index contributed by atoms with van der Waals surface area (Å²) in [4.78, 5) is 0. The van der Waals surface area contributed by atoms with Crippen molar-refractivity contribution in [3.05, 3.63) is 58.6 Å². The second-order valence-corrected chi connectivity index (χ2v) is 4.39. The van der Waals surface area contributed by atoms with Crippen LogP contribution in [0.2, 0.25) is 5.02 Å². The fourth-order valence-electron chi connectivity index (χ4n) is 1.85. The van der Waals surface area contributed by atoms with Gasteiger partial charge in [-0.25, -0.2) is 8.78 Å². The molecule has 94 valence electrons. The van der Waals surface area contributed by atoms with Gasteiger partial charge in [-0.2, -0.15) is 0 Å². The largest absolute Gasteiger partial charge is 0.316 e. The summed E-state index contributed by atoms with van der Waals surface area (Å²) in [5, 5.41) is 3.53. The van der Waals surface area contributed by atoms with Crippen LogP contribution in [0.25, 0.3) is 11.1 Å². The molecule has 1 nitrogen and oxygen atoms in total. The first-order chi connectivity index (χ1) is 8.61. The van der Waals surface area contributed by atoms with E-state index in [1.54, 1.807) is 19.2 Å². The van der Waals surface area contributed by atoms with Gasteiger partial charge in [0.25, 0.3) is 0 Å². The van der Waals surface area contributed by atoms with Crippen molar-refractivity contribution in [1.29, 1.82) is 0 Å². The molecule has 0 aliphatic carbocycles. The van der Waals surface area contributed by atoms with Crippen LogP contribution in [0.15, 0.2) is 36.4 Å². The number of rotatable bonds is 3. The van der Waals surface area contributed by atoms with Crippen LogP contribution in [-0.2, 0) is 6.54 Å². The van der Waals surface area contributed by atoms with E-state index >= 15 is 0 Å². The number of nitrogens with one attached hydrogen (secondary N) is 1. The Labute approximate surface area is 109 Å². The van der Waals surface area contributed by atoms with Crippen molar-refractivity contribution < 1.29 is 8.78 Å². The molecule has 4 heteroatoms. The Hall–Kier alpha value is -1.45. The van der Waals surface area contributed by atoms with Gasteiger partial charge >= 0.3 is 0 Å². The van der Waals surface area contributed by atoms with Gasteiger partial charge in [0.1, 0.15) is 11.6 Å². The first kappa shape index (κ1) is 13.0. The lowest BCUT2D eigenvalue weighted by Gasteiger charge is -2.11. The Bertz CT molecular complexity index is 570. The van der Waals surface area contributed by atoms with Gasteiger partial charge in [-0.3, -0.25) is 0 Å². The topological polar surface area (TPSA) is 12.0 Å². The van der Waals surface area contributed by atoms with Crippen molar-refractivity contribution in [2.24, 2.45) is 0 Å². The number of benzene rings is 2. The molecule has 0 aromatic heterocycles. The lowest BCUT2D eigenvalue weighted by atomic mass is 9.99.